The van der Waals surface area contributed by atoms with Gasteiger partial charge in [-0.15, -0.1) is 0 Å². The van der Waals surface area contributed by atoms with Crippen molar-refractivity contribution < 1.29 is 4.79 Å². The number of carbonyl (C=O) groups excluding carboxylic acids is 1. The number of amides is 1. The second-order valence-electron chi connectivity index (χ2n) is 4.52. The van der Waals surface area contributed by atoms with Gasteiger partial charge in [0.15, 0.2) is 5.11 Å². The van der Waals surface area contributed by atoms with Gasteiger partial charge in [-0.3, -0.25) is 9.80 Å². The number of hydrogen-bond acceptors (Lipinski definition) is 3. The molecule has 96 valence electrons. The average molecular weight is 264 g/mol. The van der Waals surface area contributed by atoms with Crippen LogP contribution < -0.4 is 16.1 Å². The molecule has 0 spiro atoms. The van der Waals surface area contributed by atoms with Gasteiger partial charge in [0, 0.05) is 12.7 Å². The predicted octanol–water partition coefficient (Wildman–Crippen LogP) is 1.06. The molecule has 0 saturated carbocycles. The van der Waals surface area contributed by atoms with Crippen LogP contribution in [0.2, 0.25) is 0 Å². The number of hydrazine groups is 1. The first-order valence-corrected chi connectivity index (χ1v) is 6.08. The van der Waals surface area contributed by atoms with E-state index in [-0.39, 0.29) is 12.3 Å². The summed E-state index contributed by atoms with van der Waals surface area (Å²) in [5.41, 5.74) is 3.37. The Bertz CT molecular complexity index is 464. The van der Waals surface area contributed by atoms with E-state index in [0.717, 1.165) is 5.69 Å². The third-order valence-corrected chi connectivity index (χ3v) is 3.05. The zero-order valence-corrected chi connectivity index (χ0v) is 11.2. The Kier molecular flexibility index (Phi) is 3.49. The highest BCUT2D eigenvalue weighted by atomic mass is 32.1. The summed E-state index contributed by atoms with van der Waals surface area (Å²) in [6.45, 7) is 1.90. The molecule has 3 N–H and O–H groups in total. The summed E-state index contributed by atoms with van der Waals surface area (Å²) >= 11 is 5.09. The third-order valence-electron chi connectivity index (χ3n) is 2.67. The average Bonchev–Trinajstić information content (AvgIpc) is 2.53. The molecule has 6 heteroatoms. The van der Waals surface area contributed by atoms with Crippen molar-refractivity contribution in [3.05, 3.63) is 30.3 Å². The molecule has 0 aliphatic carbocycles. The normalized spacial score (nSPS) is 22.8. The molecule has 0 unspecified atom stereocenters. The SMILES string of the molecule is CN1N[C@](C)(CC(=O)Nc2ccccc2)NC1=S. The van der Waals surface area contributed by atoms with Crippen LogP contribution in [0.25, 0.3) is 0 Å². The summed E-state index contributed by atoms with van der Waals surface area (Å²) in [7, 11) is 1.82. The van der Waals surface area contributed by atoms with Crippen LogP contribution in [0.5, 0.6) is 0 Å². The van der Waals surface area contributed by atoms with Crippen molar-refractivity contribution in [1.82, 2.24) is 15.8 Å². The lowest BCUT2D eigenvalue weighted by Gasteiger charge is -2.23. The van der Waals surface area contributed by atoms with Gasteiger partial charge in [-0.2, -0.15) is 0 Å². The van der Waals surface area contributed by atoms with Crippen LogP contribution in [0.1, 0.15) is 13.3 Å². The molecule has 0 bridgehead atoms. The monoisotopic (exact) mass is 264 g/mol. The van der Waals surface area contributed by atoms with E-state index < -0.39 is 5.66 Å². The molecule has 1 saturated heterocycles. The second kappa shape index (κ2) is 4.91. The molecule has 1 fully saturated rings. The van der Waals surface area contributed by atoms with E-state index in [4.69, 9.17) is 12.2 Å². The van der Waals surface area contributed by atoms with Gasteiger partial charge in [0.1, 0.15) is 5.66 Å². The van der Waals surface area contributed by atoms with Crippen LogP contribution in [0, 0.1) is 0 Å². The summed E-state index contributed by atoms with van der Waals surface area (Å²) in [6.07, 6.45) is 0.284. The largest absolute Gasteiger partial charge is 0.342 e. The number of anilines is 1. The van der Waals surface area contributed by atoms with Crippen LogP contribution in [-0.2, 0) is 4.79 Å². The van der Waals surface area contributed by atoms with Gasteiger partial charge >= 0.3 is 0 Å². The van der Waals surface area contributed by atoms with Crippen LogP contribution in [0.15, 0.2) is 30.3 Å². The molecule has 5 nitrogen and oxygen atoms in total. The molecule has 1 amide bonds. The fourth-order valence-corrected chi connectivity index (χ4v) is 2.17. The number of rotatable bonds is 3. The van der Waals surface area contributed by atoms with E-state index in [0.29, 0.717) is 5.11 Å². The van der Waals surface area contributed by atoms with E-state index in [2.05, 4.69) is 16.1 Å². The number of para-hydroxylation sites is 1. The van der Waals surface area contributed by atoms with Gasteiger partial charge in [-0.05, 0) is 31.3 Å². The minimum absolute atomic E-state index is 0.0678. The topological polar surface area (TPSA) is 56.4 Å². The molecule has 2 rings (SSSR count). The second-order valence-corrected chi connectivity index (χ2v) is 4.91. The van der Waals surface area contributed by atoms with E-state index in [1.54, 1.807) is 5.01 Å². The van der Waals surface area contributed by atoms with Crippen molar-refractivity contribution in [2.75, 3.05) is 12.4 Å². The molecule has 1 aromatic carbocycles. The number of carbonyl (C=O) groups is 1. The molecule has 1 aliphatic heterocycles. The molecule has 1 atom stereocenters. The standard InChI is InChI=1S/C12H16N4OS/c1-12(14-11(18)16(2)15-12)8-10(17)13-9-6-4-3-5-7-9/h3-7,15H,8H2,1-2H3,(H,13,17)(H,14,18)/t12-/m1/s1. The van der Waals surface area contributed by atoms with E-state index in [1.807, 2.05) is 44.3 Å². The van der Waals surface area contributed by atoms with E-state index in [9.17, 15) is 4.79 Å². The van der Waals surface area contributed by atoms with E-state index >= 15 is 0 Å². The van der Waals surface area contributed by atoms with Crippen molar-refractivity contribution in [1.29, 1.82) is 0 Å². The number of nitrogens with one attached hydrogen (secondary N) is 3. The van der Waals surface area contributed by atoms with Gasteiger partial charge in [0.05, 0.1) is 6.42 Å². The van der Waals surface area contributed by atoms with Gasteiger partial charge in [-0.1, -0.05) is 18.2 Å². The Morgan fingerprint density at radius 1 is 1.44 bits per heavy atom. The summed E-state index contributed by atoms with van der Waals surface area (Å²) < 4.78 is 0. The Morgan fingerprint density at radius 3 is 2.67 bits per heavy atom. The Hall–Kier alpha value is -1.66. The van der Waals surface area contributed by atoms with Gasteiger partial charge in [-0.25, -0.2) is 5.43 Å². The fourth-order valence-electron chi connectivity index (χ4n) is 1.90. The number of benzene rings is 1. The summed E-state index contributed by atoms with van der Waals surface area (Å²) in [6, 6.07) is 9.38. The zero-order chi connectivity index (χ0) is 13.2. The molecule has 1 aliphatic rings. The fraction of sp³-hybridized carbons (Fsp3) is 0.333. The van der Waals surface area contributed by atoms with Crippen LogP contribution in [0.3, 0.4) is 0 Å². The highest BCUT2D eigenvalue weighted by Crippen LogP contribution is 2.14. The minimum Gasteiger partial charge on any atom is -0.342 e. The maximum absolute atomic E-state index is 11.9. The Labute approximate surface area is 112 Å². The van der Waals surface area contributed by atoms with E-state index in [1.165, 1.54) is 0 Å². The molecule has 1 heterocycles. The maximum atomic E-state index is 11.9. The molecule has 18 heavy (non-hydrogen) atoms. The van der Waals surface area contributed by atoms with Gasteiger partial charge < -0.3 is 10.6 Å². The molecule has 1 aromatic rings. The Morgan fingerprint density at radius 2 is 2.11 bits per heavy atom. The van der Waals surface area contributed by atoms with Gasteiger partial charge in [0.2, 0.25) is 5.91 Å². The van der Waals surface area contributed by atoms with Crippen LogP contribution in [-0.4, -0.2) is 28.7 Å². The minimum atomic E-state index is -0.537. The van der Waals surface area contributed by atoms with Crippen molar-refractivity contribution in [2.45, 2.75) is 19.0 Å². The number of thiocarbonyl (C=S) groups is 1. The van der Waals surface area contributed by atoms with Crippen molar-refractivity contribution >= 4 is 28.9 Å². The van der Waals surface area contributed by atoms with Crippen molar-refractivity contribution in [3.63, 3.8) is 0 Å². The lowest BCUT2D eigenvalue weighted by Crippen LogP contribution is -2.50. The first kappa shape index (κ1) is 12.8. The maximum Gasteiger partial charge on any atom is 0.228 e. The third kappa shape index (κ3) is 2.96. The zero-order valence-electron chi connectivity index (χ0n) is 10.4. The summed E-state index contributed by atoms with van der Waals surface area (Å²) in [4.78, 5) is 11.9. The summed E-state index contributed by atoms with van der Waals surface area (Å²) in [5, 5.41) is 8.21. The van der Waals surface area contributed by atoms with Crippen molar-refractivity contribution in [3.8, 4) is 0 Å². The highest BCUT2D eigenvalue weighted by molar-refractivity contribution is 7.80. The first-order valence-electron chi connectivity index (χ1n) is 5.67. The molecular formula is C12H16N4OS. The molecule has 0 aromatic heterocycles. The highest BCUT2D eigenvalue weighted by Gasteiger charge is 2.35. The van der Waals surface area contributed by atoms with Gasteiger partial charge in [0.25, 0.3) is 0 Å². The number of nitrogens with zero attached hydrogens (tertiary/aromatic N) is 1. The van der Waals surface area contributed by atoms with Crippen LogP contribution >= 0.6 is 12.2 Å². The lowest BCUT2D eigenvalue weighted by molar-refractivity contribution is -0.117. The molecular weight excluding hydrogens is 248 g/mol. The molecule has 0 radical (unpaired) electrons. The lowest BCUT2D eigenvalue weighted by atomic mass is 10.1. The summed E-state index contributed by atoms with van der Waals surface area (Å²) in [5.74, 6) is -0.0678. The first-order chi connectivity index (χ1) is 8.48. The van der Waals surface area contributed by atoms with Crippen LogP contribution in [0.4, 0.5) is 5.69 Å². The quantitative estimate of drug-likeness (QED) is 0.713. The smallest absolute Gasteiger partial charge is 0.228 e. The number of hydrogen-bond donors (Lipinski definition) is 3. The predicted molar refractivity (Wildman–Crippen MR) is 74.7 cm³/mol. The Balaban J connectivity index is 1.94. The van der Waals surface area contributed by atoms with Crippen molar-refractivity contribution in [2.24, 2.45) is 0 Å².